The Hall–Kier alpha value is -6.85. The van der Waals surface area contributed by atoms with Crippen molar-refractivity contribution in [2.45, 2.75) is 0 Å². The summed E-state index contributed by atoms with van der Waals surface area (Å²) in [6, 6.07) is 52.0. The number of hydrogen-bond acceptors (Lipinski definition) is 5. The molecule has 2 aromatic heterocycles. The van der Waals surface area contributed by atoms with E-state index in [4.69, 9.17) is 24.1 Å². The van der Waals surface area contributed by atoms with Crippen LogP contribution in [0.2, 0.25) is 0 Å². The standard InChI is InChI=1S/C45H25N3O2/c1-2-9-29(10-3-1)43-46-44(30-22-23-33-32-13-6-7-15-36(32)49-38(33)25-30)48-45(47-43)35-14-5-4-12-31(35)34-24-21-28-20-19-27-18-17-26-11-8-16-37-39(26)40(27)41(28)42(34)50-37/h1-25H. The maximum Gasteiger partial charge on any atom is 0.164 e. The number of furan rings is 1. The minimum absolute atomic E-state index is 0.574. The third kappa shape index (κ3) is 3.98. The first kappa shape index (κ1) is 27.1. The highest BCUT2D eigenvalue weighted by Gasteiger charge is 2.24. The van der Waals surface area contributed by atoms with Gasteiger partial charge in [-0.25, -0.2) is 15.0 Å². The maximum atomic E-state index is 6.85. The lowest BCUT2D eigenvalue weighted by molar-refractivity contribution is 0.494. The highest BCUT2D eigenvalue weighted by Crippen LogP contribution is 2.51. The molecule has 8 aromatic carbocycles. The number of ether oxygens (including phenoxy) is 1. The van der Waals surface area contributed by atoms with Crippen molar-refractivity contribution < 1.29 is 9.15 Å². The minimum atomic E-state index is 0.574. The van der Waals surface area contributed by atoms with Crippen molar-refractivity contribution in [3.63, 3.8) is 0 Å². The Bertz CT molecular complexity index is 3010. The molecule has 1 aliphatic rings. The van der Waals surface area contributed by atoms with Crippen molar-refractivity contribution in [3.05, 3.63) is 152 Å². The first-order valence-electron chi connectivity index (χ1n) is 16.7. The number of aromatic nitrogens is 3. The van der Waals surface area contributed by atoms with Gasteiger partial charge < -0.3 is 9.15 Å². The third-order valence-electron chi connectivity index (χ3n) is 9.90. The highest BCUT2D eigenvalue weighted by atomic mass is 16.5. The van der Waals surface area contributed by atoms with E-state index in [1.165, 1.54) is 16.2 Å². The van der Waals surface area contributed by atoms with Gasteiger partial charge in [-0.2, -0.15) is 0 Å². The summed E-state index contributed by atoms with van der Waals surface area (Å²) in [5.74, 6) is 3.47. The molecule has 10 aromatic rings. The fraction of sp³-hybridized carbons (Fsp3) is 0. The second-order valence-corrected chi connectivity index (χ2v) is 12.8. The lowest BCUT2D eigenvalue weighted by Gasteiger charge is -2.23. The Morgan fingerprint density at radius 3 is 1.90 bits per heavy atom. The Morgan fingerprint density at radius 1 is 0.380 bits per heavy atom. The van der Waals surface area contributed by atoms with Crippen molar-refractivity contribution in [1.82, 2.24) is 15.0 Å². The van der Waals surface area contributed by atoms with E-state index in [9.17, 15) is 0 Å². The van der Waals surface area contributed by atoms with Crippen LogP contribution in [0.1, 0.15) is 0 Å². The Labute approximate surface area is 286 Å². The van der Waals surface area contributed by atoms with Gasteiger partial charge in [-0.3, -0.25) is 0 Å². The van der Waals surface area contributed by atoms with Crippen LogP contribution in [0.3, 0.4) is 0 Å². The molecular weight excluding hydrogens is 615 g/mol. The molecule has 50 heavy (non-hydrogen) atoms. The van der Waals surface area contributed by atoms with E-state index < -0.39 is 0 Å². The molecule has 0 aliphatic carbocycles. The molecule has 0 bridgehead atoms. The molecule has 1 aliphatic heterocycles. The molecule has 0 spiro atoms. The van der Waals surface area contributed by atoms with Crippen LogP contribution >= 0.6 is 0 Å². The Kier molecular flexibility index (Phi) is 5.60. The lowest BCUT2D eigenvalue weighted by atomic mass is 9.89. The Morgan fingerprint density at radius 2 is 1.04 bits per heavy atom. The van der Waals surface area contributed by atoms with Gasteiger partial charge in [0.05, 0.1) is 0 Å². The molecule has 0 fully saturated rings. The molecule has 5 heteroatoms. The molecule has 0 amide bonds. The normalized spacial score (nSPS) is 12.2. The SMILES string of the molecule is c1ccc(-c2nc(-c3ccc4c(c3)oc3ccccc34)nc(-c3ccccc3-c3ccc4ccc5ccc6cccc7c6c5c4c3O7)n2)cc1. The molecule has 0 unspecified atom stereocenters. The molecule has 0 saturated heterocycles. The number of hydrogen-bond donors (Lipinski definition) is 0. The van der Waals surface area contributed by atoms with E-state index in [0.717, 1.165) is 77.4 Å². The summed E-state index contributed by atoms with van der Waals surface area (Å²) in [7, 11) is 0. The number of para-hydroxylation sites is 1. The van der Waals surface area contributed by atoms with Gasteiger partial charge in [0.1, 0.15) is 22.7 Å². The smallest absolute Gasteiger partial charge is 0.164 e. The van der Waals surface area contributed by atoms with Gasteiger partial charge in [0.15, 0.2) is 17.5 Å². The van der Waals surface area contributed by atoms with Crippen molar-refractivity contribution in [3.8, 4) is 56.8 Å². The van der Waals surface area contributed by atoms with Crippen molar-refractivity contribution in [2.75, 3.05) is 0 Å². The molecule has 5 nitrogen and oxygen atoms in total. The first-order chi connectivity index (χ1) is 24.8. The summed E-state index contributed by atoms with van der Waals surface area (Å²) in [6.45, 7) is 0. The van der Waals surface area contributed by atoms with Gasteiger partial charge in [-0.1, -0.05) is 121 Å². The summed E-state index contributed by atoms with van der Waals surface area (Å²) in [4.78, 5) is 15.3. The third-order valence-corrected chi connectivity index (χ3v) is 9.90. The average Bonchev–Trinajstić information content (AvgIpc) is 3.56. The van der Waals surface area contributed by atoms with Gasteiger partial charge in [0, 0.05) is 49.2 Å². The van der Waals surface area contributed by atoms with E-state index >= 15 is 0 Å². The number of benzene rings is 8. The van der Waals surface area contributed by atoms with Crippen LogP contribution in [-0.2, 0) is 0 Å². The second-order valence-electron chi connectivity index (χ2n) is 12.8. The number of nitrogens with zero attached hydrogens (tertiary/aromatic N) is 3. The van der Waals surface area contributed by atoms with Crippen LogP contribution in [0, 0.1) is 0 Å². The molecular formula is C45H25N3O2. The zero-order valence-corrected chi connectivity index (χ0v) is 26.6. The quantitative estimate of drug-likeness (QED) is 0.179. The summed E-state index contributed by atoms with van der Waals surface area (Å²) >= 11 is 0. The van der Waals surface area contributed by atoms with Gasteiger partial charge in [0.25, 0.3) is 0 Å². The zero-order valence-electron chi connectivity index (χ0n) is 26.6. The predicted octanol–water partition coefficient (Wildman–Crippen LogP) is 12.0. The van der Waals surface area contributed by atoms with Crippen molar-refractivity contribution in [2.24, 2.45) is 0 Å². The Balaban J connectivity index is 1.15. The van der Waals surface area contributed by atoms with E-state index in [2.05, 4.69) is 91.0 Å². The van der Waals surface area contributed by atoms with E-state index in [1.54, 1.807) is 0 Å². The van der Waals surface area contributed by atoms with Crippen LogP contribution in [0.25, 0.3) is 99.5 Å². The number of fused-ring (bicyclic) bond motifs is 3. The monoisotopic (exact) mass is 639 g/mol. The lowest BCUT2D eigenvalue weighted by Crippen LogP contribution is -2.02. The topological polar surface area (TPSA) is 61.0 Å². The average molecular weight is 640 g/mol. The molecule has 3 heterocycles. The molecule has 0 atom stereocenters. The molecule has 0 saturated carbocycles. The van der Waals surface area contributed by atoms with Crippen LogP contribution in [0.15, 0.2) is 156 Å². The van der Waals surface area contributed by atoms with Gasteiger partial charge in [0.2, 0.25) is 0 Å². The van der Waals surface area contributed by atoms with E-state index in [-0.39, 0.29) is 0 Å². The zero-order chi connectivity index (χ0) is 32.8. The van der Waals surface area contributed by atoms with Gasteiger partial charge >= 0.3 is 0 Å². The number of rotatable bonds is 4. The summed E-state index contributed by atoms with van der Waals surface area (Å²) < 4.78 is 13.1. The molecule has 11 rings (SSSR count). The summed E-state index contributed by atoms with van der Waals surface area (Å²) in [5.41, 5.74) is 6.27. The van der Waals surface area contributed by atoms with Crippen LogP contribution in [0.5, 0.6) is 11.5 Å². The largest absolute Gasteiger partial charge is 0.456 e. The predicted molar refractivity (Wildman–Crippen MR) is 201 cm³/mol. The summed E-state index contributed by atoms with van der Waals surface area (Å²) in [6.07, 6.45) is 0. The molecule has 232 valence electrons. The van der Waals surface area contributed by atoms with Crippen molar-refractivity contribution >= 4 is 54.3 Å². The van der Waals surface area contributed by atoms with Gasteiger partial charge in [-0.15, -0.1) is 0 Å². The fourth-order valence-electron chi connectivity index (χ4n) is 7.58. The summed E-state index contributed by atoms with van der Waals surface area (Å²) in [5, 5.41) is 9.17. The molecule has 0 N–H and O–H groups in total. The molecule has 0 radical (unpaired) electrons. The van der Waals surface area contributed by atoms with Gasteiger partial charge in [-0.05, 0) is 52.1 Å². The van der Waals surface area contributed by atoms with Crippen LogP contribution in [0.4, 0.5) is 0 Å². The van der Waals surface area contributed by atoms with Crippen molar-refractivity contribution in [1.29, 1.82) is 0 Å². The second kappa shape index (κ2) is 10.3. The van der Waals surface area contributed by atoms with E-state index in [1.807, 2.05) is 60.7 Å². The highest BCUT2D eigenvalue weighted by molar-refractivity contribution is 6.26. The van der Waals surface area contributed by atoms with Crippen LogP contribution in [-0.4, -0.2) is 15.0 Å². The maximum absolute atomic E-state index is 6.85. The van der Waals surface area contributed by atoms with E-state index in [0.29, 0.717) is 17.5 Å². The van der Waals surface area contributed by atoms with Crippen LogP contribution < -0.4 is 4.74 Å². The fourth-order valence-corrected chi connectivity index (χ4v) is 7.58. The minimum Gasteiger partial charge on any atom is -0.456 e. The first-order valence-corrected chi connectivity index (χ1v) is 16.7.